The molecule has 12 aliphatic rings. The van der Waals surface area contributed by atoms with Crippen LogP contribution in [0.2, 0.25) is 0 Å². The summed E-state index contributed by atoms with van der Waals surface area (Å²) in [6.45, 7) is 10.1. The van der Waals surface area contributed by atoms with Gasteiger partial charge in [0.1, 0.15) is 22.6 Å². The molecule has 6 bridgehead atoms. The zero-order valence-electron chi connectivity index (χ0n) is 39.2. The number of carbonyl (C=O) groups is 3. The predicted molar refractivity (Wildman–Crippen MR) is 252 cm³/mol. The standard InChI is InChI=1S/C57H61N3O7/c1-29(47(63)64)36-17-22-52(60-48(58)59)23-24-53-30(2)43(52)56(36,66)37-16-15-33-26-35-27-54(65)41(34-14-13-31-11-7-8-12-32(31)25-34)45-49(3)19-9-6-10-20-55(57(35,67)44(53)40(33)37)46(54)42(38(61)28-51(53,55)5)50(45,4)21-18-39(49)62/h7-8,11-12,16,23-25,27,30,41,43-45,65-67H,10,13-15,17-22,26,28H2,1-5H3,(H,63,64)(H4,58,59,60). The second-order valence-electron chi connectivity index (χ2n) is 23.7. The van der Waals surface area contributed by atoms with E-state index in [-0.39, 0.29) is 42.4 Å². The van der Waals surface area contributed by atoms with Crippen LogP contribution in [0.25, 0.3) is 6.08 Å². The maximum atomic E-state index is 16.4. The summed E-state index contributed by atoms with van der Waals surface area (Å²) in [6.07, 6.45) is 15.2. The molecular formula is C57H61N3O7. The van der Waals surface area contributed by atoms with Gasteiger partial charge in [0.15, 0.2) is 11.7 Å². The number of nitrogens with zero attached hydrogens (tertiary/aromatic N) is 1. The van der Waals surface area contributed by atoms with Crippen LogP contribution in [0.15, 0.2) is 104 Å². The second-order valence-corrected chi connectivity index (χ2v) is 23.7. The van der Waals surface area contributed by atoms with E-state index in [1.165, 1.54) is 5.56 Å². The average Bonchev–Trinajstić information content (AvgIpc) is 3.72. The molecule has 14 unspecified atom stereocenters. The van der Waals surface area contributed by atoms with Crippen LogP contribution in [0.3, 0.4) is 0 Å². The Morgan fingerprint density at radius 2 is 1.70 bits per heavy atom. The molecule has 0 aliphatic heterocycles. The molecule has 0 radical (unpaired) electrons. The van der Waals surface area contributed by atoms with E-state index in [9.17, 15) is 24.9 Å². The Labute approximate surface area is 391 Å². The van der Waals surface area contributed by atoms with Gasteiger partial charge in [0, 0.05) is 76.2 Å². The smallest absolute Gasteiger partial charge is 0.331 e. The highest BCUT2D eigenvalue weighted by Gasteiger charge is 2.90. The van der Waals surface area contributed by atoms with Crippen LogP contribution in [0.5, 0.6) is 0 Å². The van der Waals surface area contributed by atoms with E-state index in [0.29, 0.717) is 73.7 Å². The fourth-order valence-corrected chi connectivity index (χ4v) is 19.8. The molecule has 346 valence electrons. The molecule has 0 amide bonds. The number of nitrogens with two attached hydrogens (primary N) is 2. The SMILES string of the molecule is CC(C(=O)O)=C1CCC2(N=C(N)N)C=CC34C(C)C2C1(O)C1=CCC2=C1C3C1(O)C(=CC3(O)C5=C6C(=O)CC4(C)C51CCC#CCC1(C)C(=O)CCC6(C)C1C3C1=Cc3ccccc3CC1)C2. The Bertz CT molecular complexity index is 3000. The molecule has 0 saturated heterocycles. The zero-order valence-corrected chi connectivity index (χ0v) is 39.2. The molecule has 0 heterocycles. The minimum atomic E-state index is -1.84. The summed E-state index contributed by atoms with van der Waals surface area (Å²) < 4.78 is 0. The van der Waals surface area contributed by atoms with Crippen molar-refractivity contribution in [3.05, 3.63) is 110 Å². The summed E-state index contributed by atoms with van der Waals surface area (Å²) in [5, 5.41) is 54.9. The quantitative estimate of drug-likeness (QED) is 0.0614. The average molecular weight is 900 g/mol. The monoisotopic (exact) mass is 899 g/mol. The van der Waals surface area contributed by atoms with Crippen molar-refractivity contribution in [1.82, 2.24) is 0 Å². The van der Waals surface area contributed by atoms with Crippen LogP contribution >= 0.6 is 0 Å². The number of aliphatic carboxylic acids is 1. The fourth-order valence-electron chi connectivity index (χ4n) is 19.8. The van der Waals surface area contributed by atoms with Gasteiger partial charge in [0.2, 0.25) is 0 Å². The number of benzene rings is 1. The summed E-state index contributed by atoms with van der Waals surface area (Å²) in [4.78, 5) is 49.3. The maximum absolute atomic E-state index is 16.4. The highest BCUT2D eigenvalue weighted by molar-refractivity contribution is 6.03. The minimum Gasteiger partial charge on any atom is -0.478 e. The third-order valence-electron chi connectivity index (χ3n) is 21.7. The summed E-state index contributed by atoms with van der Waals surface area (Å²) in [7, 11) is 0. The Morgan fingerprint density at radius 3 is 2.46 bits per heavy atom. The lowest BCUT2D eigenvalue weighted by Crippen LogP contribution is -2.73. The van der Waals surface area contributed by atoms with Crippen LogP contribution in [0.1, 0.15) is 116 Å². The van der Waals surface area contributed by atoms with Crippen molar-refractivity contribution in [1.29, 1.82) is 0 Å². The van der Waals surface area contributed by atoms with Crippen molar-refractivity contribution in [3.8, 4) is 11.8 Å². The van der Waals surface area contributed by atoms with Crippen molar-refractivity contribution in [2.45, 2.75) is 134 Å². The highest BCUT2D eigenvalue weighted by atomic mass is 16.4. The molecule has 4 saturated carbocycles. The maximum Gasteiger partial charge on any atom is 0.331 e. The first-order chi connectivity index (χ1) is 31.7. The number of carboxylic acid groups (broad SMARTS) is 1. The normalized spacial score (nSPS) is 48.2. The van der Waals surface area contributed by atoms with E-state index in [0.717, 1.165) is 34.3 Å². The molecular weight excluding hydrogens is 839 g/mol. The number of aliphatic imine (C=N–C) groups is 1. The van der Waals surface area contributed by atoms with E-state index in [2.05, 4.69) is 76.0 Å². The number of aliphatic hydroxyl groups is 3. The molecule has 10 heteroatoms. The number of Topliss-reactive ketones (excluding diaryl/α,β-unsaturated/α-hetero) is 2. The molecule has 1 aromatic rings. The summed E-state index contributed by atoms with van der Waals surface area (Å²) in [5.41, 5.74) is 9.32. The van der Waals surface area contributed by atoms with Gasteiger partial charge in [0.25, 0.3) is 0 Å². The van der Waals surface area contributed by atoms with Gasteiger partial charge in [-0.25, -0.2) is 9.79 Å². The Balaban J connectivity index is 1.20. The number of guanidine groups is 1. The topological polar surface area (TPSA) is 197 Å². The molecule has 14 atom stereocenters. The Kier molecular flexibility index (Phi) is 7.77. The number of fused-ring (bicyclic) bond motifs is 3. The third kappa shape index (κ3) is 4.18. The van der Waals surface area contributed by atoms with Crippen LogP contribution < -0.4 is 11.5 Å². The third-order valence-corrected chi connectivity index (χ3v) is 21.7. The van der Waals surface area contributed by atoms with Gasteiger partial charge in [-0.3, -0.25) is 9.59 Å². The predicted octanol–water partition coefficient (Wildman–Crippen LogP) is 6.91. The van der Waals surface area contributed by atoms with Gasteiger partial charge < -0.3 is 31.9 Å². The number of rotatable bonds is 3. The van der Waals surface area contributed by atoms with Gasteiger partial charge in [-0.15, -0.1) is 11.8 Å². The molecule has 1 aromatic carbocycles. The number of hydrogen-bond acceptors (Lipinski definition) is 7. The van der Waals surface area contributed by atoms with Crippen molar-refractivity contribution in [3.63, 3.8) is 0 Å². The van der Waals surface area contributed by atoms with E-state index in [1.807, 2.05) is 18.2 Å². The summed E-state index contributed by atoms with van der Waals surface area (Å²) in [6, 6.07) is 8.40. The van der Waals surface area contributed by atoms with Crippen molar-refractivity contribution in [2.24, 2.45) is 73.1 Å². The number of carboxylic acids is 1. The fraction of sp³-hybridized carbons (Fsp3) is 0.544. The molecule has 12 aliphatic carbocycles. The lowest BCUT2D eigenvalue weighted by Gasteiger charge is -2.71. The van der Waals surface area contributed by atoms with Crippen molar-refractivity contribution < 1.29 is 34.8 Å². The molecule has 13 rings (SSSR count). The van der Waals surface area contributed by atoms with Crippen LogP contribution in [-0.4, -0.2) is 66.3 Å². The Hall–Kier alpha value is -5.08. The van der Waals surface area contributed by atoms with Gasteiger partial charge in [0.05, 0.1) is 5.54 Å². The largest absolute Gasteiger partial charge is 0.478 e. The summed E-state index contributed by atoms with van der Waals surface area (Å²) in [5.74, 6) is 2.75. The Morgan fingerprint density at radius 1 is 0.925 bits per heavy atom. The first kappa shape index (κ1) is 42.1. The number of ketones is 2. The second kappa shape index (κ2) is 12.4. The molecule has 67 heavy (non-hydrogen) atoms. The number of aryl methyl sites for hydroxylation is 1. The number of allylic oxidation sites excluding steroid dienone is 4. The van der Waals surface area contributed by atoms with Gasteiger partial charge in [-0.1, -0.05) is 87.4 Å². The number of hydrogen-bond donors (Lipinski definition) is 6. The van der Waals surface area contributed by atoms with Crippen LogP contribution in [0, 0.1) is 68.5 Å². The lowest BCUT2D eigenvalue weighted by molar-refractivity contribution is -0.174. The van der Waals surface area contributed by atoms with Gasteiger partial charge in [-0.2, -0.15) is 0 Å². The van der Waals surface area contributed by atoms with E-state index in [1.54, 1.807) is 6.92 Å². The molecule has 4 fully saturated rings. The van der Waals surface area contributed by atoms with E-state index >= 15 is 9.90 Å². The van der Waals surface area contributed by atoms with Crippen molar-refractivity contribution in [2.75, 3.05) is 0 Å². The number of carbonyl (C=O) groups excluding carboxylic acids is 2. The minimum absolute atomic E-state index is 0.0583. The first-order valence-corrected chi connectivity index (χ1v) is 24.8. The molecule has 0 aromatic heterocycles. The summed E-state index contributed by atoms with van der Waals surface area (Å²) >= 11 is 0. The zero-order chi connectivity index (χ0) is 47.0. The van der Waals surface area contributed by atoms with Gasteiger partial charge >= 0.3 is 5.97 Å². The van der Waals surface area contributed by atoms with Crippen molar-refractivity contribution >= 4 is 29.6 Å². The molecule has 10 nitrogen and oxygen atoms in total. The van der Waals surface area contributed by atoms with Gasteiger partial charge in [-0.05, 0) is 121 Å². The molecule has 2 spiro atoms. The van der Waals surface area contributed by atoms with E-state index in [4.69, 9.17) is 16.5 Å². The molecule has 8 N–H and O–H groups in total. The lowest BCUT2D eigenvalue weighted by atomic mass is 9.32. The van der Waals surface area contributed by atoms with E-state index < -0.39 is 85.0 Å². The highest BCUT2D eigenvalue weighted by Crippen LogP contribution is 2.90. The van der Waals surface area contributed by atoms with Crippen LogP contribution in [-0.2, 0) is 20.8 Å². The van der Waals surface area contributed by atoms with Crippen LogP contribution in [0.4, 0.5) is 0 Å². The first-order valence-electron chi connectivity index (χ1n) is 24.8.